The van der Waals surface area contributed by atoms with Crippen molar-refractivity contribution in [3.8, 4) is 0 Å². The van der Waals surface area contributed by atoms with Crippen LogP contribution in [0, 0.1) is 0 Å². The van der Waals surface area contributed by atoms with Crippen LogP contribution in [0.3, 0.4) is 0 Å². The summed E-state index contributed by atoms with van der Waals surface area (Å²) in [7, 11) is 0. The Balaban J connectivity index is 2.03. The molecule has 0 radical (unpaired) electrons. The summed E-state index contributed by atoms with van der Waals surface area (Å²) < 4.78 is 10.7. The molecular weight excluding hydrogens is 288 g/mol. The van der Waals surface area contributed by atoms with Crippen molar-refractivity contribution in [2.75, 3.05) is 0 Å². The normalized spacial score (nSPS) is 11.5. The van der Waals surface area contributed by atoms with Crippen molar-refractivity contribution in [2.45, 2.75) is 6.92 Å². The van der Waals surface area contributed by atoms with Crippen LogP contribution >= 0.6 is 15.9 Å². The molecule has 0 atom stereocenters. The molecule has 0 aliphatic carbocycles. The minimum Gasteiger partial charge on any atom is -0.463 e. The fourth-order valence-corrected chi connectivity index (χ4v) is 1.47. The maximum absolute atomic E-state index is 11.6. The number of furan rings is 2. The van der Waals surface area contributed by atoms with Gasteiger partial charge in [-0.2, -0.15) is 5.10 Å². The Morgan fingerprint density at radius 3 is 2.76 bits per heavy atom. The van der Waals surface area contributed by atoms with Crippen molar-refractivity contribution < 1.29 is 13.6 Å². The van der Waals surface area contributed by atoms with E-state index in [1.54, 1.807) is 37.5 Å². The molecule has 0 spiro atoms. The lowest BCUT2D eigenvalue weighted by atomic mass is 10.3. The molecule has 0 aliphatic heterocycles. The Morgan fingerprint density at radius 2 is 2.18 bits per heavy atom. The van der Waals surface area contributed by atoms with Gasteiger partial charge < -0.3 is 8.83 Å². The standard InChI is InChI=1S/C11H9BrN2O3/c1-7(8-3-2-6-16-8)13-14-11(15)9-4-5-10(12)17-9/h2-6H,1H3,(H,14,15)/b13-7+. The third-order valence-corrected chi connectivity index (χ3v) is 2.43. The molecule has 2 aromatic rings. The first-order chi connectivity index (χ1) is 8.16. The van der Waals surface area contributed by atoms with Crippen LogP contribution < -0.4 is 5.43 Å². The summed E-state index contributed by atoms with van der Waals surface area (Å²) in [5, 5.41) is 3.90. The molecule has 2 rings (SSSR count). The lowest BCUT2D eigenvalue weighted by Crippen LogP contribution is -2.18. The molecule has 0 saturated carbocycles. The average Bonchev–Trinajstić information content (AvgIpc) is 2.95. The van der Waals surface area contributed by atoms with Crippen LogP contribution in [0.5, 0.6) is 0 Å². The molecule has 0 bridgehead atoms. The Morgan fingerprint density at radius 1 is 1.35 bits per heavy atom. The highest BCUT2D eigenvalue weighted by atomic mass is 79.9. The molecule has 0 aliphatic rings. The summed E-state index contributed by atoms with van der Waals surface area (Å²) in [6, 6.07) is 6.70. The zero-order valence-electron chi connectivity index (χ0n) is 8.94. The van der Waals surface area contributed by atoms with Crippen molar-refractivity contribution >= 4 is 27.5 Å². The first kappa shape index (κ1) is 11.7. The van der Waals surface area contributed by atoms with E-state index in [0.717, 1.165) is 0 Å². The number of rotatable bonds is 3. The Kier molecular flexibility index (Phi) is 3.43. The molecule has 1 N–H and O–H groups in total. The van der Waals surface area contributed by atoms with Gasteiger partial charge in [0.15, 0.2) is 10.4 Å². The molecule has 2 aromatic heterocycles. The van der Waals surface area contributed by atoms with Crippen molar-refractivity contribution in [1.29, 1.82) is 0 Å². The van der Waals surface area contributed by atoms with Crippen LogP contribution in [-0.4, -0.2) is 11.6 Å². The minimum atomic E-state index is -0.415. The van der Waals surface area contributed by atoms with E-state index in [9.17, 15) is 4.79 Å². The zero-order valence-corrected chi connectivity index (χ0v) is 10.5. The SMILES string of the molecule is C/C(=N\NC(=O)c1ccc(Br)o1)c1ccco1. The van der Waals surface area contributed by atoms with E-state index in [0.29, 0.717) is 16.1 Å². The summed E-state index contributed by atoms with van der Waals surface area (Å²) in [6.07, 6.45) is 1.54. The fourth-order valence-electron chi connectivity index (χ4n) is 1.17. The van der Waals surface area contributed by atoms with E-state index in [1.807, 2.05) is 0 Å². The summed E-state index contributed by atoms with van der Waals surface area (Å²) in [5.74, 6) is 0.375. The lowest BCUT2D eigenvalue weighted by Gasteiger charge is -1.97. The number of amides is 1. The summed E-state index contributed by atoms with van der Waals surface area (Å²) >= 11 is 3.11. The highest BCUT2D eigenvalue weighted by Gasteiger charge is 2.09. The Hall–Kier alpha value is -1.82. The van der Waals surface area contributed by atoms with Crippen molar-refractivity contribution in [1.82, 2.24) is 5.43 Å². The first-order valence-corrected chi connectivity index (χ1v) is 5.60. The second-order valence-electron chi connectivity index (χ2n) is 3.22. The van der Waals surface area contributed by atoms with Crippen LogP contribution in [0.2, 0.25) is 0 Å². The summed E-state index contributed by atoms with van der Waals surface area (Å²) in [4.78, 5) is 11.6. The minimum absolute atomic E-state index is 0.188. The summed E-state index contributed by atoms with van der Waals surface area (Å²) in [6.45, 7) is 1.73. The molecule has 6 heteroatoms. The predicted molar refractivity (Wildman–Crippen MR) is 64.8 cm³/mol. The van der Waals surface area contributed by atoms with E-state index in [-0.39, 0.29) is 5.76 Å². The molecular formula is C11H9BrN2O3. The number of nitrogens with one attached hydrogen (secondary N) is 1. The van der Waals surface area contributed by atoms with Gasteiger partial charge in [0, 0.05) is 0 Å². The van der Waals surface area contributed by atoms with E-state index in [2.05, 4.69) is 26.5 Å². The maximum Gasteiger partial charge on any atom is 0.307 e. The second kappa shape index (κ2) is 5.01. The quantitative estimate of drug-likeness (QED) is 0.699. The molecule has 5 nitrogen and oxygen atoms in total. The number of hydrogen-bond acceptors (Lipinski definition) is 4. The van der Waals surface area contributed by atoms with Gasteiger partial charge >= 0.3 is 5.91 Å². The van der Waals surface area contributed by atoms with E-state index < -0.39 is 5.91 Å². The molecule has 0 aromatic carbocycles. The second-order valence-corrected chi connectivity index (χ2v) is 4.00. The van der Waals surface area contributed by atoms with Gasteiger partial charge in [-0.25, -0.2) is 5.43 Å². The van der Waals surface area contributed by atoms with Crippen LogP contribution in [0.15, 0.2) is 49.1 Å². The first-order valence-electron chi connectivity index (χ1n) is 4.80. The van der Waals surface area contributed by atoms with E-state index in [4.69, 9.17) is 8.83 Å². The maximum atomic E-state index is 11.6. The monoisotopic (exact) mass is 296 g/mol. The summed E-state index contributed by atoms with van der Waals surface area (Å²) in [5.41, 5.74) is 2.95. The topological polar surface area (TPSA) is 67.7 Å². The number of nitrogens with zero attached hydrogens (tertiary/aromatic N) is 1. The number of hydrogen-bond donors (Lipinski definition) is 1. The highest BCUT2D eigenvalue weighted by Crippen LogP contribution is 2.13. The number of carbonyl (C=O) groups excluding carboxylic acids is 1. The Bertz CT molecular complexity index is 543. The van der Waals surface area contributed by atoms with Gasteiger partial charge in [-0.15, -0.1) is 0 Å². The van der Waals surface area contributed by atoms with Crippen LogP contribution in [0.25, 0.3) is 0 Å². The fraction of sp³-hybridized carbons (Fsp3) is 0.0909. The van der Waals surface area contributed by atoms with Crippen molar-refractivity contribution in [3.63, 3.8) is 0 Å². The van der Waals surface area contributed by atoms with Gasteiger partial charge in [0.25, 0.3) is 0 Å². The van der Waals surface area contributed by atoms with Gasteiger partial charge in [0.1, 0.15) is 11.5 Å². The van der Waals surface area contributed by atoms with Crippen molar-refractivity contribution in [3.05, 3.63) is 46.7 Å². The largest absolute Gasteiger partial charge is 0.463 e. The predicted octanol–water partition coefficient (Wildman–Crippen LogP) is 2.79. The van der Waals surface area contributed by atoms with Gasteiger partial charge in [0.05, 0.1) is 6.26 Å². The van der Waals surface area contributed by atoms with E-state index in [1.165, 1.54) is 0 Å². The van der Waals surface area contributed by atoms with Gasteiger partial charge in [-0.3, -0.25) is 4.79 Å². The van der Waals surface area contributed by atoms with Crippen molar-refractivity contribution in [2.24, 2.45) is 5.10 Å². The molecule has 1 amide bonds. The lowest BCUT2D eigenvalue weighted by molar-refractivity contribution is 0.0926. The molecule has 0 saturated heterocycles. The van der Waals surface area contributed by atoms with Gasteiger partial charge in [-0.1, -0.05) is 0 Å². The van der Waals surface area contributed by atoms with Crippen LogP contribution in [0.4, 0.5) is 0 Å². The third kappa shape index (κ3) is 2.85. The average molecular weight is 297 g/mol. The molecule has 0 unspecified atom stereocenters. The van der Waals surface area contributed by atoms with Gasteiger partial charge in [-0.05, 0) is 47.1 Å². The Labute approximate surface area is 106 Å². The third-order valence-electron chi connectivity index (χ3n) is 2.00. The smallest absolute Gasteiger partial charge is 0.307 e. The number of hydrazone groups is 1. The molecule has 2 heterocycles. The number of carbonyl (C=O) groups is 1. The number of halogens is 1. The van der Waals surface area contributed by atoms with Gasteiger partial charge in [0.2, 0.25) is 0 Å². The van der Waals surface area contributed by atoms with Crippen LogP contribution in [0.1, 0.15) is 23.2 Å². The van der Waals surface area contributed by atoms with E-state index >= 15 is 0 Å². The molecule has 88 valence electrons. The van der Waals surface area contributed by atoms with Crippen LogP contribution in [-0.2, 0) is 0 Å². The molecule has 0 fully saturated rings. The highest BCUT2D eigenvalue weighted by molar-refractivity contribution is 9.10. The molecule has 17 heavy (non-hydrogen) atoms. The zero-order chi connectivity index (χ0) is 12.3.